The fourth-order valence-corrected chi connectivity index (χ4v) is 11.6. The molecule has 0 bridgehead atoms. The van der Waals surface area contributed by atoms with Crippen LogP contribution in [0.4, 0.5) is 33.5 Å². The smallest absolute Gasteiger partial charge is 0.494 e. The fraction of sp³-hybridized carbons (Fsp3) is 0.397. The summed E-state index contributed by atoms with van der Waals surface area (Å²) in [5.74, 6) is -0.0753. The van der Waals surface area contributed by atoms with E-state index in [1.807, 2.05) is 32.0 Å². The van der Waals surface area contributed by atoms with E-state index in [2.05, 4.69) is 51.1 Å². The Kier molecular flexibility index (Phi) is 28.8. The molecule has 4 aliphatic heterocycles. The SMILES string of the molecule is CON1C(=O)CCC1=O.COc1c(Nc2cc(Nc3ccc(C(=O)NCCCN(C)C(=O)OCCSSC(C)(C)COC=O)cn3)ncc2C(N)=O)cccc1-c1ncn(C)n1.O=CN1CCN(c2cccc3c2CN(C2CCC(=O)NC2=O)C3=O)CC1.[CH3-].[Cs+]. The number of rotatable bonds is 24. The number of ether oxygens (including phenoxy) is 3. The predicted octanol–water partition coefficient (Wildman–Crippen LogP) is 1.27. The van der Waals surface area contributed by atoms with E-state index in [1.165, 1.54) is 42.3 Å². The van der Waals surface area contributed by atoms with Crippen molar-refractivity contribution >= 4 is 111 Å². The number of methoxy groups -OCH3 is 1. The number of carbonyl (C=O) groups excluding carboxylic acids is 10. The number of benzene rings is 2. The zero-order valence-corrected chi connectivity index (χ0v) is 59.3. The second-order valence-corrected chi connectivity index (χ2v) is 23.7. The molecule has 0 aliphatic carbocycles. The van der Waals surface area contributed by atoms with Crippen LogP contribution in [0.25, 0.3) is 11.4 Å². The van der Waals surface area contributed by atoms with Crippen molar-refractivity contribution in [1.29, 1.82) is 0 Å². The molecule has 0 spiro atoms. The van der Waals surface area contributed by atoms with E-state index in [0.717, 1.165) is 22.7 Å². The summed E-state index contributed by atoms with van der Waals surface area (Å²) in [6.45, 7) is 8.68. The predicted molar refractivity (Wildman–Crippen MR) is 330 cm³/mol. The van der Waals surface area contributed by atoms with E-state index < -0.39 is 23.9 Å². The minimum Gasteiger partial charge on any atom is -0.494 e. The third kappa shape index (κ3) is 20.1. The zero-order chi connectivity index (χ0) is 63.5. The van der Waals surface area contributed by atoms with Crippen molar-refractivity contribution < 1.29 is 136 Å². The number of piperazine rings is 1. The van der Waals surface area contributed by atoms with Crippen LogP contribution in [0.15, 0.2) is 73.3 Å². The number of nitrogens with zero attached hydrogens (tertiary/aromatic N) is 10. The van der Waals surface area contributed by atoms with Gasteiger partial charge in [0.15, 0.2) is 11.6 Å². The molecule has 9 amide bonds. The summed E-state index contributed by atoms with van der Waals surface area (Å²) in [5.41, 5.74) is 10.2. The molecule has 3 fully saturated rings. The van der Waals surface area contributed by atoms with E-state index in [9.17, 15) is 47.9 Å². The number of pyridine rings is 2. The number of carbonyl (C=O) groups is 10. The Morgan fingerprint density at radius 2 is 1.60 bits per heavy atom. The summed E-state index contributed by atoms with van der Waals surface area (Å²) in [7, 11) is 9.31. The molecule has 3 aromatic heterocycles. The Hall–Kier alpha value is -7.31. The summed E-state index contributed by atoms with van der Waals surface area (Å²) in [4.78, 5) is 141. The molecule has 3 saturated heterocycles. The molecule has 476 valence electrons. The van der Waals surface area contributed by atoms with Crippen LogP contribution < -0.4 is 106 Å². The molecule has 9 rings (SSSR count). The number of nitrogens with one attached hydrogen (secondary N) is 4. The average Bonchev–Trinajstić information content (AvgIpc) is 1.62. The number of para-hydroxylation sites is 1. The maximum Gasteiger partial charge on any atom is 1.00 e. The Labute approximate surface area is 587 Å². The topological polar surface area (TPSA) is 354 Å². The van der Waals surface area contributed by atoms with Crippen LogP contribution in [-0.2, 0) is 56.7 Å². The molecule has 90 heavy (non-hydrogen) atoms. The number of piperidine rings is 1. The molecule has 2 aromatic carbocycles. The molecule has 7 heterocycles. The number of hydrogen-bond acceptors (Lipinski definition) is 23. The minimum absolute atomic E-state index is 0. The van der Waals surface area contributed by atoms with Gasteiger partial charge in [0.25, 0.3) is 36.0 Å². The van der Waals surface area contributed by atoms with E-state index in [0.29, 0.717) is 129 Å². The average molecular weight is 1400 g/mol. The number of fused-ring (bicyclic) bond motifs is 1. The first-order valence-corrected chi connectivity index (χ1v) is 30.0. The van der Waals surface area contributed by atoms with E-state index >= 15 is 0 Å². The number of aromatic nitrogens is 5. The number of hydrogen-bond donors (Lipinski definition) is 5. The Balaban J connectivity index is 0.000000326. The van der Waals surface area contributed by atoms with Crippen LogP contribution in [0.1, 0.15) is 82.6 Å². The third-order valence-corrected chi connectivity index (χ3v) is 17.0. The number of amides is 9. The number of imide groups is 2. The Bertz CT molecular complexity index is 3350. The van der Waals surface area contributed by atoms with Gasteiger partial charge in [-0.15, -0.1) is 0 Å². The zero-order valence-electron chi connectivity index (χ0n) is 51.3. The maximum atomic E-state index is 12.8. The van der Waals surface area contributed by atoms with Crippen molar-refractivity contribution in [3.63, 3.8) is 0 Å². The molecule has 32 heteroatoms. The van der Waals surface area contributed by atoms with Gasteiger partial charge in [-0.25, -0.2) is 19.7 Å². The molecular weight excluding hydrogens is 1330 g/mol. The normalized spacial score (nSPS) is 15.1. The monoisotopic (exact) mass is 1400 g/mol. The molecule has 6 N–H and O–H groups in total. The van der Waals surface area contributed by atoms with Gasteiger partial charge in [0, 0.05) is 120 Å². The van der Waals surface area contributed by atoms with Gasteiger partial charge in [0.2, 0.25) is 18.2 Å². The first-order valence-electron chi connectivity index (χ1n) is 27.7. The molecule has 1 atom stereocenters. The van der Waals surface area contributed by atoms with Gasteiger partial charge in [0.1, 0.15) is 37.2 Å². The second-order valence-electron chi connectivity index (χ2n) is 20.6. The van der Waals surface area contributed by atoms with Crippen molar-refractivity contribution in [2.24, 2.45) is 12.8 Å². The summed E-state index contributed by atoms with van der Waals surface area (Å²) in [6, 6.07) is 15.3. The van der Waals surface area contributed by atoms with Crippen LogP contribution in [-0.4, -0.2) is 195 Å². The minimum atomic E-state index is -0.682. The van der Waals surface area contributed by atoms with Crippen molar-refractivity contribution in [1.82, 2.24) is 55.1 Å². The van der Waals surface area contributed by atoms with Crippen molar-refractivity contribution in [3.8, 4) is 17.1 Å². The number of anilines is 5. The second kappa shape index (κ2) is 35.3. The summed E-state index contributed by atoms with van der Waals surface area (Å²) < 4.78 is 17.1. The molecular formula is C58H72CsN15O14S2. The maximum absolute atomic E-state index is 12.8. The van der Waals surface area contributed by atoms with Crippen LogP contribution >= 0.6 is 21.6 Å². The Morgan fingerprint density at radius 3 is 2.22 bits per heavy atom. The van der Waals surface area contributed by atoms with Crippen LogP contribution in [0.2, 0.25) is 0 Å². The molecule has 0 saturated carbocycles. The molecule has 29 nitrogen and oxygen atoms in total. The number of primary amides is 1. The van der Waals surface area contributed by atoms with E-state index in [1.54, 1.807) is 82.1 Å². The third-order valence-electron chi connectivity index (χ3n) is 13.8. The van der Waals surface area contributed by atoms with Crippen LogP contribution in [0.5, 0.6) is 5.75 Å². The first kappa shape index (κ1) is 73.4. The summed E-state index contributed by atoms with van der Waals surface area (Å²) in [6.07, 6.45) is 6.45. The van der Waals surface area contributed by atoms with Crippen molar-refractivity contribution in [3.05, 3.63) is 103 Å². The molecule has 4 aliphatic rings. The van der Waals surface area contributed by atoms with Crippen molar-refractivity contribution in [2.45, 2.75) is 63.3 Å². The van der Waals surface area contributed by atoms with Gasteiger partial charge < -0.3 is 62.9 Å². The fourth-order valence-electron chi connectivity index (χ4n) is 9.33. The Morgan fingerprint density at radius 1 is 0.889 bits per heavy atom. The van der Waals surface area contributed by atoms with E-state index in [-0.39, 0.29) is 142 Å². The standard InChI is InChI=1S/C34H42N10O7S2.C18H20N4O4.C5H7NO3.CH3.Cs/c1-34(2,19-50-21-45)53-52-15-14-51-33(48)43(3)13-7-12-36-32(47)22-10-11-27(37-17-22)41-28-16-26(24(18-38-28)30(35)46)40-25-9-6-8-23(29(25)49-5)31-39-20-44(4)42-31;23-11-20-6-8-21(9-7-20)14-3-1-2-12-13(14)10-22(18(12)26)15-4-5-16(24)19-17(15)25;1-9-6-4(7)2-3-5(6)8;;/h6,8-11,16-18,20-21H,7,12-15,19H2,1-5H3,(H2,35,46)(H,36,47)(H2,37,38,40,41);1-3,11,15H,4-10H2,(H,19,24,25);2-3H2,1H3;1H3;/q;;;-1;+1. The van der Waals surface area contributed by atoms with Gasteiger partial charge in [-0.1, -0.05) is 33.7 Å². The van der Waals surface area contributed by atoms with Gasteiger partial charge in [-0.3, -0.25) is 58.0 Å². The quantitative estimate of drug-likeness (QED) is 0.0191. The number of hydroxylamine groups is 2. The largest absolute Gasteiger partial charge is 1.00 e. The van der Waals surface area contributed by atoms with Crippen molar-refractivity contribution in [2.75, 3.05) is 95.0 Å². The van der Waals surface area contributed by atoms with Gasteiger partial charge in [0.05, 0.1) is 47.0 Å². The molecule has 5 aromatic rings. The van der Waals surface area contributed by atoms with Gasteiger partial charge >= 0.3 is 75.0 Å². The summed E-state index contributed by atoms with van der Waals surface area (Å²) >= 11 is 0. The van der Waals surface area contributed by atoms with Crippen LogP contribution in [0.3, 0.4) is 0 Å². The number of nitrogens with two attached hydrogens (primary N) is 1. The number of aryl methyl sites for hydroxylation is 1. The van der Waals surface area contributed by atoms with E-state index in [4.69, 9.17) is 19.9 Å². The summed E-state index contributed by atoms with van der Waals surface area (Å²) in [5, 5.41) is 16.6. The molecule has 1 unspecified atom stereocenters. The van der Waals surface area contributed by atoms with Gasteiger partial charge in [-0.05, 0) is 63.1 Å². The van der Waals surface area contributed by atoms with Gasteiger partial charge in [-0.2, -0.15) is 10.2 Å². The molecule has 0 radical (unpaired) electrons. The first-order chi connectivity index (χ1) is 42.2. The van der Waals surface area contributed by atoms with Crippen LogP contribution in [0, 0.1) is 7.43 Å².